The van der Waals surface area contributed by atoms with Crippen molar-refractivity contribution in [2.24, 2.45) is 4.99 Å². The van der Waals surface area contributed by atoms with Gasteiger partial charge in [-0.2, -0.15) is 0 Å². The van der Waals surface area contributed by atoms with E-state index in [9.17, 15) is 14.7 Å². The molecule has 2 aromatic rings. The maximum atomic E-state index is 12.1. The summed E-state index contributed by atoms with van der Waals surface area (Å²) in [5, 5.41) is 12.3. The van der Waals surface area contributed by atoms with Gasteiger partial charge in [0.05, 0.1) is 16.2 Å². The van der Waals surface area contributed by atoms with E-state index in [-0.39, 0.29) is 11.5 Å². The molecule has 1 heterocycles. The minimum absolute atomic E-state index is 0.0956. The molecule has 0 radical (unpaired) electrons. The number of rotatable bonds is 3. The number of hydrogen-bond donors (Lipinski definition) is 2. The first-order chi connectivity index (χ1) is 11.9. The Morgan fingerprint density at radius 3 is 2.64 bits per heavy atom. The number of carbonyl (C=O) groups is 2. The van der Waals surface area contributed by atoms with Crippen molar-refractivity contribution in [3.63, 3.8) is 0 Å². The predicted octanol–water partition coefficient (Wildman–Crippen LogP) is 4.35. The lowest BCUT2D eigenvalue weighted by molar-refractivity contribution is -0.115. The molecule has 25 heavy (non-hydrogen) atoms. The molecule has 0 aliphatic carbocycles. The third-order valence-electron chi connectivity index (χ3n) is 3.42. The number of aromatic carboxylic acids is 1. The Kier molecular flexibility index (Phi) is 5.06. The minimum atomic E-state index is -1.06. The zero-order valence-electron chi connectivity index (χ0n) is 13.1. The lowest BCUT2D eigenvalue weighted by atomic mass is 10.1. The summed E-state index contributed by atoms with van der Waals surface area (Å²) in [6.07, 6.45) is 1.77. The van der Waals surface area contributed by atoms with Crippen molar-refractivity contribution in [2.45, 2.75) is 6.92 Å². The van der Waals surface area contributed by atoms with Crippen LogP contribution in [0.1, 0.15) is 21.5 Å². The average Bonchev–Trinajstić information content (AvgIpc) is 2.89. The Morgan fingerprint density at radius 1 is 1.24 bits per heavy atom. The Hall–Kier alpha value is -2.38. The van der Waals surface area contributed by atoms with Crippen molar-refractivity contribution in [1.82, 2.24) is 5.32 Å². The van der Waals surface area contributed by atoms with E-state index in [0.717, 1.165) is 15.6 Å². The molecule has 2 aromatic carbocycles. The van der Waals surface area contributed by atoms with Gasteiger partial charge in [-0.25, -0.2) is 9.79 Å². The number of benzene rings is 2. The maximum Gasteiger partial charge on any atom is 0.337 e. The maximum absolute atomic E-state index is 12.1. The highest BCUT2D eigenvalue weighted by molar-refractivity contribution is 9.10. The largest absolute Gasteiger partial charge is 0.478 e. The molecule has 0 unspecified atom stereocenters. The van der Waals surface area contributed by atoms with Crippen LogP contribution in [0.15, 0.2) is 56.8 Å². The number of amidine groups is 1. The van der Waals surface area contributed by atoms with Crippen molar-refractivity contribution < 1.29 is 14.7 Å². The molecule has 1 aliphatic heterocycles. The fraction of sp³-hybridized carbons (Fsp3) is 0.0556. The van der Waals surface area contributed by atoms with Gasteiger partial charge in [-0.05, 0) is 60.2 Å². The van der Waals surface area contributed by atoms with Gasteiger partial charge < -0.3 is 10.4 Å². The topological polar surface area (TPSA) is 78.8 Å². The number of halogens is 1. The first-order valence-electron chi connectivity index (χ1n) is 7.31. The SMILES string of the molecule is Cc1ccc(C(=O)O)c(N=C2NC(=O)/C(=C/c3ccc(Br)cc3)S2)c1. The number of hydrogen-bond acceptors (Lipinski definition) is 4. The molecule has 0 saturated carbocycles. The molecule has 126 valence electrons. The van der Waals surface area contributed by atoms with Gasteiger partial charge in [0.25, 0.3) is 5.91 Å². The van der Waals surface area contributed by atoms with E-state index < -0.39 is 5.97 Å². The number of carboxylic acid groups (broad SMARTS) is 1. The van der Waals surface area contributed by atoms with Crippen LogP contribution >= 0.6 is 27.7 Å². The number of nitrogens with one attached hydrogen (secondary N) is 1. The lowest BCUT2D eigenvalue weighted by Crippen LogP contribution is -2.19. The summed E-state index contributed by atoms with van der Waals surface area (Å²) < 4.78 is 0.959. The number of carboxylic acids is 1. The van der Waals surface area contributed by atoms with Crippen LogP contribution in [0.3, 0.4) is 0 Å². The van der Waals surface area contributed by atoms with Crippen LogP contribution in [0.5, 0.6) is 0 Å². The number of aliphatic imine (C=N–C) groups is 1. The third-order valence-corrected chi connectivity index (χ3v) is 4.86. The van der Waals surface area contributed by atoms with Gasteiger partial charge in [-0.15, -0.1) is 0 Å². The molecule has 1 fully saturated rings. The van der Waals surface area contributed by atoms with Crippen molar-refractivity contribution in [3.8, 4) is 0 Å². The predicted molar refractivity (Wildman–Crippen MR) is 103 cm³/mol. The molecule has 1 saturated heterocycles. The number of carbonyl (C=O) groups excluding carboxylic acids is 1. The quantitative estimate of drug-likeness (QED) is 0.728. The van der Waals surface area contributed by atoms with Gasteiger partial charge in [0.2, 0.25) is 0 Å². The van der Waals surface area contributed by atoms with E-state index >= 15 is 0 Å². The molecule has 7 heteroatoms. The second-order valence-corrected chi connectivity index (χ2v) is 7.31. The Balaban J connectivity index is 1.90. The molecule has 1 amide bonds. The van der Waals surface area contributed by atoms with E-state index in [4.69, 9.17) is 0 Å². The molecule has 0 aromatic heterocycles. The molecule has 3 rings (SSSR count). The summed E-state index contributed by atoms with van der Waals surface area (Å²) in [4.78, 5) is 28.3. The normalized spacial score (nSPS) is 17.1. The number of nitrogens with zero attached hydrogens (tertiary/aromatic N) is 1. The highest BCUT2D eigenvalue weighted by atomic mass is 79.9. The van der Waals surface area contributed by atoms with Crippen molar-refractivity contribution >= 4 is 56.5 Å². The monoisotopic (exact) mass is 416 g/mol. The molecule has 0 atom stereocenters. The van der Waals surface area contributed by atoms with Crippen molar-refractivity contribution in [1.29, 1.82) is 0 Å². The number of amides is 1. The third kappa shape index (κ3) is 4.18. The fourth-order valence-electron chi connectivity index (χ4n) is 2.22. The van der Waals surface area contributed by atoms with Crippen molar-refractivity contribution in [2.75, 3.05) is 0 Å². The van der Waals surface area contributed by atoms with Crippen LogP contribution in [0.25, 0.3) is 6.08 Å². The molecule has 0 spiro atoms. The van der Waals surface area contributed by atoms with E-state index in [0.29, 0.717) is 15.8 Å². The van der Waals surface area contributed by atoms with Gasteiger partial charge in [-0.3, -0.25) is 4.79 Å². The number of aryl methyl sites for hydroxylation is 1. The first-order valence-corrected chi connectivity index (χ1v) is 8.92. The van der Waals surface area contributed by atoms with Crippen LogP contribution in [-0.2, 0) is 4.79 Å². The second kappa shape index (κ2) is 7.25. The van der Waals surface area contributed by atoms with Crippen molar-refractivity contribution in [3.05, 3.63) is 68.5 Å². The summed E-state index contributed by atoms with van der Waals surface area (Å²) in [6.45, 7) is 1.86. The average molecular weight is 417 g/mol. The Bertz CT molecular complexity index is 920. The summed E-state index contributed by atoms with van der Waals surface area (Å²) in [5.41, 5.74) is 2.20. The molecular weight excluding hydrogens is 404 g/mol. The summed E-state index contributed by atoms with van der Waals surface area (Å²) in [7, 11) is 0. The standard InChI is InChI=1S/C18H13BrN2O3S/c1-10-2-7-13(17(23)24)14(8-10)20-18-21-16(22)15(25-18)9-11-3-5-12(19)6-4-11/h2-9H,1H3,(H,23,24)(H,20,21,22)/b15-9-. The van der Waals surface area contributed by atoms with Gasteiger partial charge in [0.1, 0.15) is 0 Å². The highest BCUT2D eigenvalue weighted by Gasteiger charge is 2.24. The molecule has 5 nitrogen and oxygen atoms in total. The van der Waals surface area contributed by atoms with E-state index in [1.54, 1.807) is 18.2 Å². The van der Waals surface area contributed by atoms with Gasteiger partial charge >= 0.3 is 5.97 Å². The van der Waals surface area contributed by atoms with Crippen LogP contribution in [0.2, 0.25) is 0 Å². The van der Waals surface area contributed by atoms with E-state index in [1.165, 1.54) is 17.8 Å². The Morgan fingerprint density at radius 2 is 1.96 bits per heavy atom. The second-order valence-electron chi connectivity index (χ2n) is 5.36. The van der Waals surface area contributed by atoms with Gasteiger partial charge in [0, 0.05) is 4.47 Å². The smallest absolute Gasteiger partial charge is 0.337 e. The Labute approximate surface area is 157 Å². The lowest BCUT2D eigenvalue weighted by Gasteiger charge is -2.03. The van der Waals surface area contributed by atoms with Gasteiger partial charge in [0.15, 0.2) is 5.17 Å². The molecule has 1 aliphatic rings. The summed E-state index contributed by atoms with van der Waals surface area (Å²) in [5.74, 6) is -1.31. The zero-order valence-corrected chi connectivity index (χ0v) is 15.5. The molecular formula is C18H13BrN2O3S. The molecule has 0 bridgehead atoms. The summed E-state index contributed by atoms with van der Waals surface area (Å²) in [6, 6.07) is 12.5. The molecule has 2 N–H and O–H groups in total. The van der Waals surface area contributed by atoms with Crippen LogP contribution in [0, 0.1) is 6.92 Å². The van der Waals surface area contributed by atoms with Crippen LogP contribution in [0.4, 0.5) is 5.69 Å². The van der Waals surface area contributed by atoms with E-state index in [1.807, 2.05) is 31.2 Å². The van der Waals surface area contributed by atoms with E-state index in [2.05, 4.69) is 26.2 Å². The van der Waals surface area contributed by atoms with Crippen LogP contribution in [-0.4, -0.2) is 22.2 Å². The summed E-state index contributed by atoms with van der Waals surface area (Å²) >= 11 is 4.55. The minimum Gasteiger partial charge on any atom is -0.478 e. The zero-order chi connectivity index (χ0) is 18.0. The first kappa shape index (κ1) is 17.4. The number of thioether (sulfide) groups is 1. The van der Waals surface area contributed by atoms with Crippen LogP contribution < -0.4 is 5.32 Å². The highest BCUT2D eigenvalue weighted by Crippen LogP contribution is 2.30. The van der Waals surface area contributed by atoms with Gasteiger partial charge in [-0.1, -0.05) is 34.1 Å². The fourth-order valence-corrected chi connectivity index (χ4v) is 3.31.